The van der Waals surface area contributed by atoms with Crippen molar-refractivity contribution in [3.05, 3.63) is 22.7 Å². The number of H-pyrrole nitrogens is 1. The molecule has 1 aliphatic rings. The summed E-state index contributed by atoms with van der Waals surface area (Å²) in [6.07, 6.45) is 2.89. The number of hydrogen-bond donors (Lipinski definition) is 2. The lowest BCUT2D eigenvalue weighted by atomic mass is 9.93. The summed E-state index contributed by atoms with van der Waals surface area (Å²) in [5.41, 5.74) is 0.552. The molecular weight excluding hydrogens is 336 g/mol. The van der Waals surface area contributed by atoms with Gasteiger partial charge in [-0.3, -0.25) is 9.89 Å². The van der Waals surface area contributed by atoms with Gasteiger partial charge in [0.05, 0.1) is 0 Å². The van der Waals surface area contributed by atoms with Crippen LogP contribution in [-0.2, 0) is 6.42 Å². The number of amides is 1. The number of rotatable bonds is 6. The van der Waals surface area contributed by atoms with Gasteiger partial charge in [0.15, 0.2) is 11.0 Å². The van der Waals surface area contributed by atoms with Crippen LogP contribution in [0.1, 0.15) is 61.7 Å². The molecule has 2 aromatic rings. The number of carbonyl (C=O) groups excluding carboxylic acids is 1. The van der Waals surface area contributed by atoms with E-state index in [0.717, 1.165) is 55.7 Å². The molecule has 2 N–H and O–H groups in total. The minimum absolute atomic E-state index is 0.0422. The van der Waals surface area contributed by atoms with Crippen molar-refractivity contribution in [1.29, 1.82) is 0 Å². The molecule has 1 amide bonds. The Morgan fingerprint density at radius 3 is 2.80 bits per heavy atom. The van der Waals surface area contributed by atoms with E-state index in [1.165, 1.54) is 11.3 Å². The van der Waals surface area contributed by atoms with Crippen LogP contribution in [0.2, 0.25) is 0 Å². The quantitative estimate of drug-likeness (QED) is 0.825. The molecule has 0 spiro atoms. The highest BCUT2D eigenvalue weighted by Crippen LogP contribution is 2.23. The average Bonchev–Trinajstić information content (AvgIpc) is 3.25. The number of nitrogens with zero attached hydrogens (tertiary/aromatic N) is 4. The van der Waals surface area contributed by atoms with Gasteiger partial charge >= 0.3 is 0 Å². The van der Waals surface area contributed by atoms with Gasteiger partial charge in [-0.15, -0.1) is 11.3 Å². The van der Waals surface area contributed by atoms with Crippen molar-refractivity contribution < 1.29 is 4.79 Å². The molecule has 1 saturated heterocycles. The summed E-state index contributed by atoms with van der Waals surface area (Å²) in [5, 5.41) is 13.1. The molecule has 0 bridgehead atoms. The van der Waals surface area contributed by atoms with E-state index in [1.54, 1.807) is 0 Å². The molecule has 0 radical (unpaired) electrons. The largest absolute Gasteiger partial charge is 0.362 e. The summed E-state index contributed by atoms with van der Waals surface area (Å²) in [5.74, 6) is 2.77. The van der Waals surface area contributed by atoms with Crippen molar-refractivity contribution in [3.63, 3.8) is 0 Å². The van der Waals surface area contributed by atoms with Crippen LogP contribution in [0.15, 0.2) is 5.38 Å². The second-order valence-electron chi connectivity index (χ2n) is 6.80. The van der Waals surface area contributed by atoms with E-state index in [4.69, 9.17) is 0 Å². The first kappa shape index (κ1) is 17.8. The Morgan fingerprint density at radius 1 is 1.40 bits per heavy atom. The highest BCUT2D eigenvalue weighted by atomic mass is 32.1. The summed E-state index contributed by atoms with van der Waals surface area (Å²) in [6.45, 7) is 8.58. The molecule has 7 nitrogen and oxygen atoms in total. The first-order valence-corrected chi connectivity index (χ1v) is 9.84. The van der Waals surface area contributed by atoms with Gasteiger partial charge in [0, 0.05) is 37.4 Å². The van der Waals surface area contributed by atoms with Crippen LogP contribution in [0.5, 0.6) is 0 Å². The molecule has 136 valence electrons. The zero-order valence-electron chi connectivity index (χ0n) is 15.1. The van der Waals surface area contributed by atoms with Crippen molar-refractivity contribution in [2.75, 3.05) is 25.0 Å². The number of aromatic nitrogens is 4. The average molecular weight is 363 g/mol. The summed E-state index contributed by atoms with van der Waals surface area (Å²) in [6, 6.07) is 0. The molecule has 2 aromatic heterocycles. The number of piperidine rings is 1. The zero-order valence-corrected chi connectivity index (χ0v) is 15.9. The third-order valence-electron chi connectivity index (χ3n) is 4.50. The van der Waals surface area contributed by atoms with Gasteiger partial charge in [0.25, 0.3) is 5.91 Å². The maximum absolute atomic E-state index is 12.6. The van der Waals surface area contributed by atoms with E-state index in [-0.39, 0.29) is 5.91 Å². The molecular formula is C17H26N6OS. The number of hydrogen-bond acceptors (Lipinski definition) is 6. The molecule has 3 heterocycles. The Kier molecular flexibility index (Phi) is 5.67. The van der Waals surface area contributed by atoms with Crippen molar-refractivity contribution >= 4 is 22.4 Å². The van der Waals surface area contributed by atoms with Gasteiger partial charge in [0.2, 0.25) is 0 Å². The Balaban J connectivity index is 1.51. The predicted molar refractivity (Wildman–Crippen MR) is 99.1 cm³/mol. The topological polar surface area (TPSA) is 86.8 Å². The fraction of sp³-hybridized carbons (Fsp3) is 0.647. The van der Waals surface area contributed by atoms with Crippen LogP contribution in [-0.4, -0.2) is 50.6 Å². The SMILES string of the molecule is CCNc1nc(C(=O)N2CCC(Cc3nc(C(C)C)n[nH]3)CC2)cs1. The third kappa shape index (κ3) is 4.36. The van der Waals surface area contributed by atoms with Crippen molar-refractivity contribution in [2.24, 2.45) is 5.92 Å². The molecule has 0 atom stereocenters. The number of carbonyl (C=O) groups is 1. The van der Waals surface area contributed by atoms with E-state index >= 15 is 0 Å². The minimum Gasteiger partial charge on any atom is -0.362 e. The summed E-state index contributed by atoms with van der Waals surface area (Å²) < 4.78 is 0. The first-order chi connectivity index (χ1) is 12.1. The number of anilines is 1. The van der Waals surface area contributed by atoms with Crippen LogP contribution in [0, 0.1) is 5.92 Å². The molecule has 0 aliphatic carbocycles. The highest BCUT2D eigenvalue weighted by molar-refractivity contribution is 7.13. The molecule has 8 heteroatoms. The first-order valence-electron chi connectivity index (χ1n) is 8.96. The second-order valence-corrected chi connectivity index (χ2v) is 7.66. The van der Waals surface area contributed by atoms with Crippen LogP contribution in [0.3, 0.4) is 0 Å². The lowest BCUT2D eigenvalue weighted by Crippen LogP contribution is -2.39. The maximum Gasteiger partial charge on any atom is 0.273 e. The Hall–Kier alpha value is -1.96. The van der Waals surface area contributed by atoms with Crippen LogP contribution in [0.4, 0.5) is 5.13 Å². The van der Waals surface area contributed by atoms with Crippen molar-refractivity contribution in [1.82, 2.24) is 25.1 Å². The smallest absolute Gasteiger partial charge is 0.273 e. The molecule has 3 rings (SSSR count). The lowest BCUT2D eigenvalue weighted by molar-refractivity contribution is 0.0685. The van der Waals surface area contributed by atoms with Gasteiger partial charge in [-0.1, -0.05) is 13.8 Å². The zero-order chi connectivity index (χ0) is 17.8. The number of likely N-dealkylation sites (tertiary alicyclic amines) is 1. The molecule has 0 unspecified atom stereocenters. The van der Waals surface area contributed by atoms with Gasteiger partial charge in [0.1, 0.15) is 11.5 Å². The summed E-state index contributed by atoms with van der Waals surface area (Å²) in [7, 11) is 0. The van der Waals surface area contributed by atoms with Crippen molar-refractivity contribution in [3.8, 4) is 0 Å². The van der Waals surface area contributed by atoms with E-state index in [1.807, 2.05) is 17.2 Å². The number of aromatic amines is 1. The monoisotopic (exact) mass is 362 g/mol. The molecule has 1 aliphatic heterocycles. The highest BCUT2D eigenvalue weighted by Gasteiger charge is 2.26. The Labute approximate surface area is 152 Å². The van der Waals surface area contributed by atoms with Gasteiger partial charge in [-0.05, 0) is 25.7 Å². The van der Waals surface area contributed by atoms with Crippen LogP contribution < -0.4 is 5.32 Å². The Bertz CT molecular complexity index is 702. The molecule has 1 fully saturated rings. The molecule has 0 saturated carbocycles. The van der Waals surface area contributed by atoms with E-state index in [2.05, 4.69) is 39.3 Å². The van der Waals surface area contributed by atoms with Crippen molar-refractivity contribution in [2.45, 2.75) is 46.0 Å². The minimum atomic E-state index is 0.0422. The molecule has 0 aromatic carbocycles. The standard InChI is InChI=1S/C17H26N6OS/c1-4-18-17-19-13(10-25-17)16(24)23-7-5-12(6-8-23)9-14-20-15(11(2)3)22-21-14/h10-12H,4-9H2,1-3H3,(H,18,19)(H,20,21,22). The molecule has 25 heavy (non-hydrogen) atoms. The lowest BCUT2D eigenvalue weighted by Gasteiger charge is -2.31. The van der Waals surface area contributed by atoms with Gasteiger partial charge in [-0.25, -0.2) is 9.97 Å². The summed E-state index contributed by atoms with van der Waals surface area (Å²) >= 11 is 1.48. The van der Waals surface area contributed by atoms with Gasteiger partial charge in [-0.2, -0.15) is 5.10 Å². The van der Waals surface area contributed by atoms with Crippen LogP contribution in [0.25, 0.3) is 0 Å². The number of nitrogens with one attached hydrogen (secondary N) is 2. The maximum atomic E-state index is 12.6. The third-order valence-corrected chi connectivity index (χ3v) is 5.30. The fourth-order valence-corrected chi connectivity index (χ4v) is 3.80. The summed E-state index contributed by atoms with van der Waals surface area (Å²) in [4.78, 5) is 23.4. The van der Waals surface area contributed by atoms with Gasteiger partial charge < -0.3 is 10.2 Å². The van der Waals surface area contributed by atoms with E-state index in [0.29, 0.717) is 17.5 Å². The second kappa shape index (κ2) is 7.95. The van der Waals surface area contributed by atoms with E-state index < -0.39 is 0 Å². The van der Waals surface area contributed by atoms with E-state index in [9.17, 15) is 4.79 Å². The predicted octanol–water partition coefficient (Wildman–Crippen LogP) is 2.91. The van der Waals surface area contributed by atoms with Crippen LogP contribution >= 0.6 is 11.3 Å². The fourth-order valence-electron chi connectivity index (χ4n) is 3.04. The Morgan fingerprint density at radius 2 is 2.16 bits per heavy atom. The normalized spacial score (nSPS) is 15.8. The number of thiazole rings is 1.